The number of esters is 1. The first-order chi connectivity index (χ1) is 6.91. The normalized spacial score (nSPS) is 20.7. The zero-order valence-electron chi connectivity index (χ0n) is 9.66. The van der Waals surface area contributed by atoms with Gasteiger partial charge in [-0.1, -0.05) is 20.1 Å². The number of ether oxygens (including phenoxy) is 1. The van der Waals surface area contributed by atoms with Crippen molar-refractivity contribution < 1.29 is 19.2 Å². The lowest BCUT2D eigenvalue weighted by Crippen LogP contribution is -2.25. The van der Waals surface area contributed by atoms with Gasteiger partial charge in [0.1, 0.15) is 0 Å². The van der Waals surface area contributed by atoms with E-state index in [-0.39, 0.29) is 11.1 Å². The van der Waals surface area contributed by atoms with E-state index in [9.17, 15) is 9.90 Å². The van der Waals surface area contributed by atoms with E-state index < -0.39 is 5.97 Å². The predicted molar refractivity (Wildman–Crippen MR) is 54.3 cm³/mol. The van der Waals surface area contributed by atoms with Crippen molar-refractivity contribution in [1.82, 2.24) is 0 Å². The number of carbonyl (C=O) groups excluding carboxylic acids is 1. The molecule has 0 bridgehead atoms. The Hall–Kier alpha value is -1.32. The molecular weight excluding hydrogens is 194 g/mol. The molecule has 0 aromatic carbocycles. The van der Waals surface area contributed by atoms with Crippen LogP contribution in [0.5, 0.6) is 0 Å². The molecule has 0 N–H and O–H groups in total. The summed E-state index contributed by atoms with van der Waals surface area (Å²) < 4.78 is 6.32. The standard InChI is InChI=1S/C11H17NO3/c1-8-5-11(2,3)7-12(8)9(6-13)10(14)15-4/h6H,5,7H2,1-4H3. The van der Waals surface area contributed by atoms with Crippen molar-refractivity contribution in [2.75, 3.05) is 13.7 Å². The van der Waals surface area contributed by atoms with Crippen molar-refractivity contribution in [3.63, 3.8) is 0 Å². The lowest BCUT2D eigenvalue weighted by atomic mass is 9.91. The second-order valence-corrected chi connectivity index (χ2v) is 4.66. The van der Waals surface area contributed by atoms with Gasteiger partial charge in [-0.25, -0.2) is 4.79 Å². The molecule has 4 heteroatoms. The van der Waals surface area contributed by atoms with Gasteiger partial charge in [0.15, 0.2) is 12.3 Å². The van der Waals surface area contributed by atoms with Gasteiger partial charge in [0.05, 0.1) is 7.11 Å². The molecule has 0 aromatic heterocycles. The number of nitrogens with zero attached hydrogens (tertiary/aromatic N) is 1. The molecule has 0 aromatic rings. The molecule has 4 nitrogen and oxygen atoms in total. The lowest BCUT2D eigenvalue weighted by Gasteiger charge is -2.12. The largest absolute Gasteiger partial charge is 0.873 e. The van der Waals surface area contributed by atoms with E-state index in [1.165, 1.54) is 7.11 Å². The van der Waals surface area contributed by atoms with Crippen LogP contribution in [0.4, 0.5) is 0 Å². The van der Waals surface area contributed by atoms with Gasteiger partial charge in [0, 0.05) is 18.8 Å². The maximum absolute atomic E-state index is 11.3. The van der Waals surface area contributed by atoms with Crippen molar-refractivity contribution in [1.29, 1.82) is 0 Å². The number of rotatable bonds is 2. The molecule has 0 amide bonds. The zero-order valence-corrected chi connectivity index (χ0v) is 9.66. The monoisotopic (exact) mass is 211 g/mol. The summed E-state index contributed by atoms with van der Waals surface area (Å²) in [5.74, 6) is -0.568. The Labute approximate surface area is 89.9 Å². The minimum atomic E-state index is -0.568. The number of hydrogen-bond acceptors (Lipinski definition) is 3. The van der Waals surface area contributed by atoms with Gasteiger partial charge < -0.3 is 9.84 Å². The zero-order chi connectivity index (χ0) is 11.6. The molecule has 1 rings (SSSR count). The first-order valence-electron chi connectivity index (χ1n) is 4.91. The Morgan fingerprint density at radius 2 is 2.20 bits per heavy atom. The summed E-state index contributed by atoms with van der Waals surface area (Å²) in [5.41, 5.74) is 1.24. The minimum absolute atomic E-state index is 0.0978. The second kappa shape index (κ2) is 4.04. The Morgan fingerprint density at radius 3 is 2.53 bits per heavy atom. The molecule has 0 radical (unpaired) electrons. The van der Waals surface area contributed by atoms with E-state index in [4.69, 9.17) is 0 Å². The molecule has 0 aliphatic carbocycles. The van der Waals surface area contributed by atoms with Gasteiger partial charge in [-0.2, -0.15) is 4.58 Å². The summed E-state index contributed by atoms with van der Waals surface area (Å²) in [7, 11) is 1.28. The topological polar surface area (TPSA) is 52.4 Å². The van der Waals surface area contributed by atoms with Gasteiger partial charge >= 0.3 is 5.97 Å². The first kappa shape index (κ1) is 11.8. The molecule has 0 saturated carbocycles. The SMILES string of the molecule is COC(=O)/C(=C/[O-])[N+]1=C(C)CC(C)(C)C1. The summed E-state index contributed by atoms with van der Waals surface area (Å²) in [5, 5.41) is 10.9. The van der Waals surface area contributed by atoms with Gasteiger partial charge in [0.2, 0.25) is 0 Å². The molecule has 0 spiro atoms. The van der Waals surface area contributed by atoms with Crippen LogP contribution in [0, 0.1) is 5.41 Å². The van der Waals surface area contributed by atoms with E-state index in [1.54, 1.807) is 4.58 Å². The average molecular weight is 211 g/mol. The molecule has 0 atom stereocenters. The molecule has 1 heterocycles. The molecule has 0 fully saturated rings. The summed E-state index contributed by atoms with van der Waals surface area (Å²) in [6, 6.07) is 0. The van der Waals surface area contributed by atoms with Crippen LogP contribution in [-0.4, -0.2) is 29.9 Å². The average Bonchev–Trinajstić information content (AvgIpc) is 2.41. The fourth-order valence-corrected chi connectivity index (χ4v) is 2.02. The van der Waals surface area contributed by atoms with E-state index >= 15 is 0 Å². The fraction of sp³-hybridized carbons (Fsp3) is 0.636. The maximum atomic E-state index is 11.3. The quantitative estimate of drug-likeness (QED) is 0.285. The minimum Gasteiger partial charge on any atom is -0.873 e. The third kappa shape index (κ3) is 2.37. The summed E-state index contributed by atoms with van der Waals surface area (Å²) in [6.07, 6.45) is 1.46. The Morgan fingerprint density at radius 1 is 1.60 bits per heavy atom. The molecule has 1 aliphatic rings. The Bertz CT molecular complexity index is 340. The van der Waals surface area contributed by atoms with E-state index in [0.717, 1.165) is 12.1 Å². The third-order valence-electron chi connectivity index (χ3n) is 2.58. The molecule has 0 saturated heterocycles. The van der Waals surface area contributed by atoms with Crippen molar-refractivity contribution >= 4 is 11.7 Å². The van der Waals surface area contributed by atoms with Crippen molar-refractivity contribution in [3.8, 4) is 0 Å². The summed E-state index contributed by atoms with van der Waals surface area (Å²) in [6.45, 7) is 6.83. The summed E-state index contributed by atoms with van der Waals surface area (Å²) in [4.78, 5) is 11.3. The number of methoxy groups -OCH3 is 1. The lowest BCUT2D eigenvalue weighted by molar-refractivity contribution is -0.483. The van der Waals surface area contributed by atoms with Crippen LogP contribution in [0.15, 0.2) is 12.0 Å². The van der Waals surface area contributed by atoms with Gasteiger partial charge in [-0.15, -0.1) is 0 Å². The molecule has 84 valence electrons. The van der Waals surface area contributed by atoms with Gasteiger partial charge in [0.25, 0.3) is 5.70 Å². The van der Waals surface area contributed by atoms with Crippen LogP contribution in [0.25, 0.3) is 0 Å². The summed E-state index contributed by atoms with van der Waals surface area (Å²) >= 11 is 0. The second-order valence-electron chi connectivity index (χ2n) is 4.66. The molecule has 1 aliphatic heterocycles. The van der Waals surface area contributed by atoms with E-state index in [0.29, 0.717) is 12.8 Å². The van der Waals surface area contributed by atoms with Gasteiger partial charge in [-0.05, 0) is 0 Å². The fourth-order valence-electron chi connectivity index (χ4n) is 2.02. The molecular formula is C11H17NO3. The van der Waals surface area contributed by atoms with E-state index in [1.807, 2.05) is 6.92 Å². The van der Waals surface area contributed by atoms with Crippen molar-refractivity contribution in [2.24, 2.45) is 5.41 Å². The van der Waals surface area contributed by atoms with Gasteiger partial charge in [-0.3, -0.25) is 0 Å². The third-order valence-corrected chi connectivity index (χ3v) is 2.58. The van der Waals surface area contributed by atoms with Crippen LogP contribution in [0.2, 0.25) is 0 Å². The van der Waals surface area contributed by atoms with Crippen LogP contribution in [-0.2, 0) is 9.53 Å². The smallest absolute Gasteiger partial charge is 0.402 e. The van der Waals surface area contributed by atoms with Crippen LogP contribution in [0.3, 0.4) is 0 Å². The number of hydrogen-bond donors (Lipinski definition) is 0. The van der Waals surface area contributed by atoms with E-state index in [2.05, 4.69) is 18.6 Å². The Kier molecular flexibility index (Phi) is 3.17. The predicted octanol–water partition coefficient (Wildman–Crippen LogP) is 0.264. The maximum Gasteiger partial charge on any atom is 0.402 e. The van der Waals surface area contributed by atoms with Crippen LogP contribution >= 0.6 is 0 Å². The first-order valence-corrected chi connectivity index (χ1v) is 4.91. The highest BCUT2D eigenvalue weighted by Gasteiger charge is 2.39. The van der Waals surface area contributed by atoms with Crippen LogP contribution < -0.4 is 5.11 Å². The van der Waals surface area contributed by atoms with Crippen molar-refractivity contribution in [2.45, 2.75) is 27.2 Å². The number of carbonyl (C=O) groups is 1. The highest BCUT2D eigenvalue weighted by molar-refractivity contribution is 5.88. The highest BCUT2D eigenvalue weighted by atomic mass is 16.5. The molecule has 15 heavy (non-hydrogen) atoms. The molecule has 0 unspecified atom stereocenters. The highest BCUT2D eigenvalue weighted by Crippen LogP contribution is 2.28. The Balaban J connectivity index is 2.98. The van der Waals surface area contributed by atoms with Crippen molar-refractivity contribution in [3.05, 3.63) is 12.0 Å². The van der Waals surface area contributed by atoms with Crippen LogP contribution in [0.1, 0.15) is 27.2 Å².